The predicted octanol–water partition coefficient (Wildman–Crippen LogP) is 1.18. The van der Waals surface area contributed by atoms with Crippen LogP contribution in [0.3, 0.4) is 0 Å². The zero-order valence-corrected chi connectivity index (χ0v) is 8.45. The Hall–Kier alpha value is -0.590. The van der Waals surface area contributed by atoms with E-state index in [4.69, 9.17) is 10.4 Å². The smallest absolute Gasteiger partial charge is 0.0672 e. The molecule has 0 amide bonds. The molecule has 0 heterocycles. The molecule has 3 nitrogen and oxygen atoms in total. The minimum Gasteiger partial charge on any atom is -0.393 e. The molecule has 0 aromatic rings. The quantitative estimate of drug-likeness (QED) is 0.694. The topological polar surface area (TPSA) is 56.0 Å². The van der Waals surface area contributed by atoms with E-state index in [1.807, 2.05) is 0 Å². The lowest BCUT2D eigenvalue weighted by Crippen LogP contribution is -2.51. The molecule has 2 saturated carbocycles. The molecule has 3 heteroatoms. The molecular weight excluding hydrogens is 176 g/mol. The van der Waals surface area contributed by atoms with Crippen LogP contribution in [0, 0.1) is 17.2 Å². The van der Waals surface area contributed by atoms with Crippen LogP contribution < -0.4 is 5.32 Å². The summed E-state index contributed by atoms with van der Waals surface area (Å²) in [6.07, 6.45) is 6.25. The minimum absolute atomic E-state index is 0.100. The Morgan fingerprint density at radius 1 is 1.21 bits per heavy atom. The molecular formula is C11H18N2O. The van der Waals surface area contributed by atoms with Crippen LogP contribution in [-0.4, -0.2) is 23.3 Å². The highest BCUT2D eigenvalue weighted by Gasteiger charge is 2.32. The first-order valence-electron chi connectivity index (χ1n) is 5.63. The van der Waals surface area contributed by atoms with Gasteiger partial charge in [-0.15, -0.1) is 0 Å². The molecule has 0 aromatic carbocycles. The first-order valence-corrected chi connectivity index (χ1v) is 5.63. The first-order chi connectivity index (χ1) is 6.79. The normalized spacial score (nSPS) is 42.6. The highest BCUT2D eigenvalue weighted by molar-refractivity contribution is 4.97. The number of nitrogens with one attached hydrogen (secondary N) is 1. The molecule has 2 aliphatic rings. The highest BCUT2D eigenvalue weighted by Crippen LogP contribution is 2.27. The number of rotatable bonds is 2. The Morgan fingerprint density at radius 2 is 1.93 bits per heavy atom. The van der Waals surface area contributed by atoms with Crippen molar-refractivity contribution in [3.8, 4) is 6.07 Å². The van der Waals surface area contributed by atoms with Crippen molar-refractivity contribution in [3.05, 3.63) is 0 Å². The van der Waals surface area contributed by atoms with Crippen LogP contribution in [0.15, 0.2) is 0 Å². The summed E-state index contributed by atoms with van der Waals surface area (Å²) >= 11 is 0. The van der Waals surface area contributed by atoms with Gasteiger partial charge >= 0.3 is 0 Å². The molecule has 2 atom stereocenters. The van der Waals surface area contributed by atoms with Gasteiger partial charge in [-0.25, -0.2) is 0 Å². The van der Waals surface area contributed by atoms with Crippen molar-refractivity contribution in [2.24, 2.45) is 5.92 Å². The number of hydrogen-bond donors (Lipinski definition) is 2. The van der Waals surface area contributed by atoms with E-state index in [0.717, 1.165) is 25.7 Å². The zero-order chi connectivity index (χ0) is 9.97. The van der Waals surface area contributed by atoms with Gasteiger partial charge in [0.1, 0.15) is 0 Å². The molecule has 78 valence electrons. The second-order valence-corrected chi connectivity index (χ2v) is 4.62. The lowest BCUT2D eigenvalue weighted by Gasteiger charge is -2.38. The van der Waals surface area contributed by atoms with E-state index in [2.05, 4.69) is 11.4 Å². The van der Waals surface area contributed by atoms with Crippen molar-refractivity contribution >= 4 is 0 Å². The second-order valence-electron chi connectivity index (χ2n) is 4.62. The Labute approximate surface area is 85.1 Å². The van der Waals surface area contributed by atoms with Crippen molar-refractivity contribution in [2.75, 3.05) is 0 Å². The van der Waals surface area contributed by atoms with E-state index in [1.54, 1.807) is 0 Å². The predicted molar refractivity (Wildman–Crippen MR) is 53.5 cm³/mol. The number of hydrogen-bond acceptors (Lipinski definition) is 3. The second kappa shape index (κ2) is 4.29. The largest absolute Gasteiger partial charge is 0.393 e. The van der Waals surface area contributed by atoms with Crippen LogP contribution in [0.1, 0.15) is 38.5 Å². The standard InChI is InChI=1S/C11H18N2O/c12-7-8-3-1-2-4-11(8)13-9-5-10(14)6-9/h8-11,13-14H,1-6H2. The van der Waals surface area contributed by atoms with Gasteiger partial charge in [0, 0.05) is 12.1 Å². The third-order valence-corrected chi connectivity index (χ3v) is 3.49. The Kier molecular flexibility index (Phi) is 3.05. The van der Waals surface area contributed by atoms with Crippen LogP contribution >= 0.6 is 0 Å². The summed E-state index contributed by atoms with van der Waals surface area (Å²) in [6, 6.07) is 3.24. The van der Waals surface area contributed by atoms with E-state index in [-0.39, 0.29) is 12.0 Å². The number of nitrogens with zero attached hydrogens (tertiary/aromatic N) is 1. The summed E-state index contributed by atoms with van der Waals surface area (Å²) in [5, 5.41) is 21.6. The summed E-state index contributed by atoms with van der Waals surface area (Å²) in [4.78, 5) is 0. The molecule has 2 fully saturated rings. The zero-order valence-electron chi connectivity index (χ0n) is 8.45. The van der Waals surface area contributed by atoms with Gasteiger partial charge in [-0.2, -0.15) is 5.26 Å². The van der Waals surface area contributed by atoms with Crippen molar-refractivity contribution < 1.29 is 5.11 Å². The Bertz CT molecular complexity index is 230. The number of aliphatic hydroxyl groups excluding tert-OH is 1. The summed E-state index contributed by atoms with van der Waals surface area (Å²) < 4.78 is 0. The lowest BCUT2D eigenvalue weighted by atomic mass is 9.82. The number of nitriles is 1. The molecule has 0 aliphatic heterocycles. The van der Waals surface area contributed by atoms with Gasteiger partial charge in [0.15, 0.2) is 0 Å². The lowest BCUT2D eigenvalue weighted by molar-refractivity contribution is 0.0527. The average molecular weight is 194 g/mol. The van der Waals surface area contributed by atoms with Gasteiger partial charge in [0.05, 0.1) is 18.1 Å². The van der Waals surface area contributed by atoms with Crippen LogP contribution in [0.2, 0.25) is 0 Å². The first kappa shape index (κ1) is 9.95. The van der Waals surface area contributed by atoms with Crippen molar-refractivity contribution in [2.45, 2.75) is 56.7 Å². The van der Waals surface area contributed by atoms with E-state index in [9.17, 15) is 0 Å². The summed E-state index contributed by atoms with van der Waals surface area (Å²) in [6.45, 7) is 0. The molecule has 0 aromatic heterocycles. The minimum atomic E-state index is -0.100. The van der Waals surface area contributed by atoms with Gasteiger partial charge < -0.3 is 10.4 Å². The molecule has 2 rings (SSSR count). The SMILES string of the molecule is N#CC1CCCCC1NC1CC(O)C1. The molecule has 14 heavy (non-hydrogen) atoms. The van der Waals surface area contributed by atoms with E-state index in [0.29, 0.717) is 12.1 Å². The Balaban J connectivity index is 1.80. The fourth-order valence-corrected chi connectivity index (χ4v) is 2.51. The van der Waals surface area contributed by atoms with Crippen LogP contribution in [0.4, 0.5) is 0 Å². The van der Waals surface area contributed by atoms with Gasteiger partial charge in [-0.3, -0.25) is 0 Å². The molecule has 0 bridgehead atoms. The average Bonchev–Trinajstić information content (AvgIpc) is 2.16. The summed E-state index contributed by atoms with van der Waals surface area (Å²) in [7, 11) is 0. The van der Waals surface area contributed by atoms with Crippen molar-refractivity contribution in [1.82, 2.24) is 5.32 Å². The maximum Gasteiger partial charge on any atom is 0.0672 e. The van der Waals surface area contributed by atoms with E-state index < -0.39 is 0 Å². The fourth-order valence-electron chi connectivity index (χ4n) is 2.51. The highest BCUT2D eigenvalue weighted by atomic mass is 16.3. The monoisotopic (exact) mass is 194 g/mol. The molecule has 2 N–H and O–H groups in total. The fraction of sp³-hybridized carbons (Fsp3) is 0.909. The molecule has 2 aliphatic carbocycles. The van der Waals surface area contributed by atoms with Crippen LogP contribution in [-0.2, 0) is 0 Å². The van der Waals surface area contributed by atoms with Crippen molar-refractivity contribution in [1.29, 1.82) is 5.26 Å². The summed E-state index contributed by atoms with van der Waals surface area (Å²) in [5.41, 5.74) is 0. The van der Waals surface area contributed by atoms with E-state index >= 15 is 0 Å². The van der Waals surface area contributed by atoms with E-state index in [1.165, 1.54) is 12.8 Å². The van der Waals surface area contributed by atoms with Gasteiger partial charge in [0.2, 0.25) is 0 Å². The molecule has 0 spiro atoms. The third kappa shape index (κ3) is 2.08. The Morgan fingerprint density at radius 3 is 2.57 bits per heavy atom. The number of aliphatic hydroxyl groups is 1. The maximum atomic E-state index is 9.17. The van der Waals surface area contributed by atoms with Crippen LogP contribution in [0.25, 0.3) is 0 Å². The summed E-state index contributed by atoms with van der Waals surface area (Å²) in [5.74, 6) is 0.196. The van der Waals surface area contributed by atoms with Gasteiger partial charge in [-0.05, 0) is 25.7 Å². The van der Waals surface area contributed by atoms with Crippen molar-refractivity contribution in [3.63, 3.8) is 0 Å². The molecule has 0 radical (unpaired) electrons. The van der Waals surface area contributed by atoms with Gasteiger partial charge in [-0.1, -0.05) is 12.8 Å². The maximum absolute atomic E-state index is 9.17. The molecule has 2 unspecified atom stereocenters. The third-order valence-electron chi connectivity index (χ3n) is 3.49. The van der Waals surface area contributed by atoms with Gasteiger partial charge in [0.25, 0.3) is 0 Å². The molecule has 0 saturated heterocycles. The van der Waals surface area contributed by atoms with Crippen LogP contribution in [0.5, 0.6) is 0 Å².